The summed E-state index contributed by atoms with van der Waals surface area (Å²) in [6, 6.07) is 2.14. The maximum absolute atomic E-state index is 13.0. The Bertz CT molecular complexity index is 440. The Kier molecular flexibility index (Phi) is 3.65. The number of allylic oxidation sites excluding steroid dienone is 1. The maximum Gasteiger partial charge on any atom is 0.300 e. The van der Waals surface area contributed by atoms with Gasteiger partial charge in [-0.15, -0.1) is 0 Å². The van der Waals surface area contributed by atoms with E-state index in [4.69, 9.17) is 5.11 Å². The normalized spacial score (nSPS) is 11.9. The molecule has 16 heavy (non-hydrogen) atoms. The van der Waals surface area contributed by atoms with Crippen molar-refractivity contribution in [3.63, 3.8) is 0 Å². The van der Waals surface area contributed by atoms with Crippen LogP contribution >= 0.6 is 0 Å². The number of hydrogen-bond donors (Lipinski definition) is 1. The summed E-state index contributed by atoms with van der Waals surface area (Å²) < 4.78 is 49.1. The van der Waals surface area contributed by atoms with E-state index in [1.165, 1.54) is 0 Å². The highest BCUT2D eigenvalue weighted by atomic mass is 19.3. The van der Waals surface area contributed by atoms with Crippen molar-refractivity contribution in [3.8, 4) is 0 Å². The number of aliphatic hydroxyl groups excluding tert-OH is 1. The molecule has 0 fully saturated rings. The number of hydrogen-bond acceptors (Lipinski definition) is 2. The monoisotopic (exact) mass is 234 g/mol. The summed E-state index contributed by atoms with van der Waals surface area (Å²) in [6.07, 6.45) is -3.09. The molecule has 0 spiro atoms. The molecule has 86 valence electrons. The third-order valence-corrected chi connectivity index (χ3v) is 1.70. The lowest BCUT2D eigenvalue weighted by Gasteiger charge is -2.01. The second-order valence-electron chi connectivity index (χ2n) is 2.86. The SMILES string of the molecule is O=C(/C=C(\O)c1ccc(F)cc1F)C(F)F. The van der Waals surface area contributed by atoms with Crippen LogP contribution in [0.25, 0.3) is 5.76 Å². The summed E-state index contributed by atoms with van der Waals surface area (Å²) in [5, 5.41) is 9.16. The molecule has 0 heterocycles. The number of rotatable bonds is 3. The van der Waals surface area contributed by atoms with Gasteiger partial charge < -0.3 is 5.11 Å². The molecule has 0 aliphatic carbocycles. The third kappa shape index (κ3) is 2.82. The van der Waals surface area contributed by atoms with E-state index >= 15 is 0 Å². The Morgan fingerprint density at radius 2 is 1.94 bits per heavy atom. The van der Waals surface area contributed by atoms with Crippen molar-refractivity contribution in [2.45, 2.75) is 6.43 Å². The van der Waals surface area contributed by atoms with Gasteiger partial charge in [-0.3, -0.25) is 4.79 Å². The molecule has 0 aliphatic rings. The summed E-state index contributed by atoms with van der Waals surface area (Å²) in [7, 11) is 0. The Morgan fingerprint density at radius 3 is 2.44 bits per heavy atom. The van der Waals surface area contributed by atoms with Gasteiger partial charge in [-0.2, -0.15) is 0 Å². The average molecular weight is 234 g/mol. The van der Waals surface area contributed by atoms with Gasteiger partial charge in [0.15, 0.2) is 0 Å². The van der Waals surface area contributed by atoms with Gasteiger partial charge >= 0.3 is 0 Å². The van der Waals surface area contributed by atoms with Gasteiger partial charge in [-0.05, 0) is 12.1 Å². The van der Waals surface area contributed by atoms with E-state index in [1.807, 2.05) is 0 Å². The van der Waals surface area contributed by atoms with Crippen molar-refractivity contribution in [2.75, 3.05) is 0 Å². The van der Waals surface area contributed by atoms with E-state index in [0.717, 1.165) is 12.1 Å². The van der Waals surface area contributed by atoms with Crippen LogP contribution < -0.4 is 0 Å². The molecule has 1 aromatic carbocycles. The molecule has 0 atom stereocenters. The topological polar surface area (TPSA) is 37.3 Å². The van der Waals surface area contributed by atoms with Crippen LogP contribution in [0.5, 0.6) is 0 Å². The summed E-state index contributed by atoms with van der Waals surface area (Å²) >= 11 is 0. The van der Waals surface area contributed by atoms with E-state index in [2.05, 4.69) is 0 Å². The molecular weight excluding hydrogens is 228 g/mol. The van der Waals surface area contributed by atoms with E-state index < -0.39 is 35.2 Å². The fourth-order valence-corrected chi connectivity index (χ4v) is 0.973. The molecule has 2 nitrogen and oxygen atoms in total. The zero-order valence-electron chi connectivity index (χ0n) is 7.75. The molecule has 0 bridgehead atoms. The number of ketones is 1. The fraction of sp³-hybridized carbons (Fsp3) is 0.100. The second kappa shape index (κ2) is 4.78. The number of benzene rings is 1. The van der Waals surface area contributed by atoms with Gasteiger partial charge in [0.1, 0.15) is 17.4 Å². The number of carbonyl (C=O) groups is 1. The molecule has 1 rings (SSSR count). The first-order valence-corrected chi connectivity index (χ1v) is 4.10. The van der Waals surface area contributed by atoms with E-state index in [-0.39, 0.29) is 6.08 Å². The molecule has 0 saturated heterocycles. The molecule has 0 amide bonds. The summed E-state index contributed by atoms with van der Waals surface area (Å²) in [4.78, 5) is 10.5. The highest BCUT2D eigenvalue weighted by Crippen LogP contribution is 2.17. The first-order valence-electron chi connectivity index (χ1n) is 4.10. The fourth-order valence-electron chi connectivity index (χ4n) is 0.973. The summed E-state index contributed by atoms with van der Waals surface area (Å²) in [6.45, 7) is 0. The number of carbonyl (C=O) groups excluding carboxylic acids is 1. The standard InChI is InChI=1S/C10H6F4O2/c11-5-1-2-6(7(12)3-5)8(15)4-9(16)10(13)14/h1-4,10,15H/b8-4-. The van der Waals surface area contributed by atoms with E-state index in [0.29, 0.717) is 6.07 Å². The zero-order valence-corrected chi connectivity index (χ0v) is 7.75. The van der Waals surface area contributed by atoms with Gasteiger partial charge in [-0.1, -0.05) is 0 Å². The molecule has 0 unspecified atom stereocenters. The lowest BCUT2D eigenvalue weighted by Crippen LogP contribution is -2.07. The van der Waals surface area contributed by atoms with Crippen molar-refractivity contribution in [1.82, 2.24) is 0 Å². The van der Waals surface area contributed by atoms with Gasteiger partial charge in [0, 0.05) is 12.1 Å². The molecule has 1 aromatic rings. The first-order chi connectivity index (χ1) is 7.41. The Labute approximate surface area is 87.8 Å². The highest BCUT2D eigenvalue weighted by molar-refractivity contribution is 5.97. The lowest BCUT2D eigenvalue weighted by molar-refractivity contribution is -0.124. The quantitative estimate of drug-likeness (QED) is 0.496. The molecule has 0 saturated carbocycles. The minimum Gasteiger partial charge on any atom is -0.507 e. The van der Waals surface area contributed by atoms with Gasteiger partial charge in [-0.25, -0.2) is 17.6 Å². The van der Waals surface area contributed by atoms with Crippen molar-refractivity contribution < 1.29 is 27.5 Å². The Morgan fingerprint density at radius 1 is 1.31 bits per heavy atom. The van der Waals surface area contributed by atoms with Crippen LogP contribution in [0.2, 0.25) is 0 Å². The van der Waals surface area contributed by atoms with Crippen LogP contribution in [-0.2, 0) is 4.79 Å². The smallest absolute Gasteiger partial charge is 0.300 e. The van der Waals surface area contributed by atoms with Crippen LogP contribution in [0.4, 0.5) is 17.6 Å². The van der Waals surface area contributed by atoms with Crippen LogP contribution in [-0.4, -0.2) is 17.3 Å². The van der Waals surface area contributed by atoms with Crippen molar-refractivity contribution in [2.24, 2.45) is 0 Å². The summed E-state index contributed by atoms with van der Waals surface area (Å²) in [5.41, 5.74) is -0.518. The van der Waals surface area contributed by atoms with Crippen LogP contribution in [0, 0.1) is 11.6 Å². The van der Waals surface area contributed by atoms with Crippen LogP contribution in [0.1, 0.15) is 5.56 Å². The van der Waals surface area contributed by atoms with Gasteiger partial charge in [0.2, 0.25) is 5.78 Å². The van der Waals surface area contributed by atoms with Crippen molar-refractivity contribution in [3.05, 3.63) is 41.5 Å². The Balaban J connectivity index is 3.05. The second-order valence-corrected chi connectivity index (χ2v) is 2.86. The third-order valence-electron chi connectivity index (χ3n) is 1.70. The maximum atomic E-state index is 13.0. The molecule has 1 N–H and O–H groups in total. The number of alkyl halides is 2. The lowest BCUT2D eigenvalue weighted by atomic mass is 10.1. The summed E-state index contributed by atoms with van der Waals surface area (Å²) in [5.74, 6) is -4.64. The van der Waals surface area contributed by atoms with Crippen LogP contribution in [0.15, 0.2) is 24.3 Å². The Hall–Kier alpha value is -1.85. The largest absolute Gasteiger partial charge is 0.507 e. The van der Waals surface area contributed by atoms with Crippen LogP contribution in [0.3, 0.4) is 0 Å². The van der Waals surface area contributed by atoms with Gasteiger partial charge in [0.25, 0.3) is 6.43 Å². The molecule has 0 radical (unpaired) electrons. The predicted octanol–water partition coefficient (Wildman–Crippen LogP) is 2.70. The zero-order chi connectivity index (χ0) is 12.3. The minimum atomic E-state index is -3.29. The van der Waals surface area contributed by atoms with Gasteiger partial charge in [0.05, 0.1) is 5.56 Å². The molecule has 6 heteroatoms. The first kappa shape index (κ1) is 12.2. The number of halogens is 4. The molecular formula is C10H6F4O2. The van der Waals surface area contributed by atoms with E-state index in [9.17, 15) is 22.4 Å². The molecule has 0 aromatic heterocycles. The van der Waals surface area contributed by atoms with Crippen molar-refractivity contribution >= 4 is 11.5 Å². The number of aliphatic hydroxyl groups is 1. The predicted molar refractivity (Wildman–Crippen MR) is 48.0 cm³/mol. The average Bonchev–Trinajstić information content (AvgIpc) is 2.16. The minimum absolute atomic E-state index is 0.195. The van der Waals surface area contributed by atoms with Crippen molar-refractivity contribution in [1.29, 1.82) is 0 Å². The van der Waals surface area contributed by atoms with E-state index in [1.54, 1.807) is 0 Å². The molecule has 0 aliphatic heterocycles. The highest BCUT2D eigenvalue weighted by Gasteiger charge is 2.15.